The van der Waals surface area contributed by atoms with Crippen molar-refractivity contribution in [3.8, 4) is 11.4 Å². The van der Waals surface area contributed by atoms with Gasteiger partial charge in [0.05, 0.1) is 11.1 Å². The van der Waals surface area contributed by atoms with Crippen molar-refractivity contribution >= 4 is 16.7 Å². The van der Waals surface area contributed by atoms with Crippen LogP contribution < -0.4 is 5.73 Å². The normalized spacial score (nSPS) is 10.8. The molecule has 0 aliphatic heterocycles. The zero-order chi connectivity index (χ0) is 13.4. The van der Waals surface area contributed by atoms with Gasteiger partial charge in [-0.25, -0.2) is 14.4 Å². The molecule has 1 heterocycles. The third-order valence-corrected chi connectivity index (χ3v) is 3.00. The molecular weight excluding hydrogens is 241 g/mol. The number of para-hydroxylation sites is 1. The molecule has 0 radical (unpaired) electrons. The Labute approximate surface area is 109 Å². The van der Waals surface area contributed by atoms with Crippen molar-refractivity contribution in [2.24, 2.45) is 0 Å². The highest BCUT2D eigenvalue weighted by Crippen LogP contribution is 2.25. The van der Waals surface area contributed by atoms with Crippen LogP contribution >= 0.6 is 0 Å². The average molecular weight is 253 g/mol. The van der Waals surface area contributed by atoms with Crippen LogP contribution in [-0.4, -0.2) is 9.97 Å². The first-order valence-electron chi connectivity index (χ1n) is 5.94. The summed E-state index contributed by atoms with van der Waals surface area (Å²) in [5.74, 6) is 0.333. The van der Waals surface area contributed by atoms with Gasteiger partial charge in [-0.15, -0.1) is 0 Å². The van der Waals surface area contributed by atoms with E-state index in [1.807, 2.05) is 31.2 Å². The Morgan fingerprint density at radius 2 is 1.84 bits per heavy atom. The average Bonchev–Trinajstić information content (AvgIpc) is 2.41. The van der Waals surface area contributed by atoms with Crippen LogP contribution in [0.5, 0.6) is 0 Å². The fraction of sp³-hybridized carbons (Fsp3) is 0.0667. The summed E-state index contributed by atoms with van der Waals surface area (Å²) in [7, 11) is 0. The Morgan fingerprint density at radius 3 is 2.68 bits per heavy atom. The van der Waals surface area contributed by atoms with Gasteiger partial charge in [0.1, 0.15) is 11.6 Å². The molecule has 3 rings (SSSR count). The van der Waals surface area contributed by atoms with Gasteiger partial charge in [-0.05, 0) is 31.2 Å². The monoisotopic (exact) mass is 253 g/mol. The number of hydrogen-bond acceptors (Lipinski definition) is 3. The van der Waals surface area contributed by atoms with Gasteiger partial charge >= 0.3 is 0 Å². The first-order valence-corrected chi connectivity index (χ1v) is 5.94. The van der Waals surface area contributed by atoms with Crippen molar-refractivity contribution in [3.63, 3.8) is 0 Å². The number of fused-ring (bicyclic) bond motifs is 1. The van der Waals surface area contributed by atoms with E-state index in [1.165, 1.54) is 6.07 Å². The maximum atomic E-state index is 13.9. The van der Waals surface area contributed by atoms with Crippen LogP contribution in [0.1, 0.15) is 5.56 Å². The summed E-state index contributed by atoms with van der Waals surface area (Å²) >= 11 is 0. The minimum Gasteiger partial charge on any atom is -0.383 e. The maximum absolute atomic E-state index is 13.9. The highest BCUT2D eigenvalue weighted by molar-refractivity contribution is 5.89. The first kappa shape index (κ1) is 11.6. The van der Waals surface area contributed by atoms with Crippen LogP contribution in [0.15, 0.2) is 42.5 Å². The number of nitrogens with two attached hydrogens (primary N) is 1. The third-order valence-electron chi connectivity index (χ3n) is 3.00. The highest BCUT2D eigenvalue weighted by Gasteiger charge is 2.11. The SMILES string of the molecule is Cc1ccc(F)c(-c2nc(N)c3ccccc3n2)c1. The van der Waals surface area contributed by atoms with E-state index in [0.717, 1.165) is 10.9 Å². The summed E-state index contributed by atoms with van der Waals surface area (Å²) in [6.07, 6.45) is 0. The summed E-state index contributed by atoms with van der Waals surface area (Å²) in [4.78, 5) is 8.58. The van der Waals surface area contributed by atoms with Crippen LogP contribution in [0.25, 0.3) is 22.3 Å². The van der Waals surface area contributed by atoms with Crippen LogP contribution in [-0.2, 0) is 0 Å². The third kappa shape index (κ3) is 2.01. The second-order valence-electron chi connectivity index (χ2n) is 4.43. The van der Waals surface area contributed by atoms with Crippen LogP contribution in [0.4, 0.5) is 10.2 Å². The van der Waals surface area contributed by atoms with Crippen LogP contribution in [0.3, 0.4) is 0 Å². The Bertz CT molecular complexity index is 768. The van der Waals surface area contributed by atoms with Crippen molar-refractivity contribution in [1.29, 1.82) is 0 Å². The molecule has 0 fully saturated rings. The molecule has 0 atom stereocenters. The fourth-order valence-electron chi connectivity index (χ4n) is 2.03. The van der Waals surface area contributed by atoms with Gasteiger partial charge < -0.3 is 5.73 Å². The summed E-state index contributed by atoms with van der Waals surface area (Å²) in [6, 6.07) is 12.3. The zero-order valence-electron chi connectivity index (χ0n) is 10.4. The predicted molar refractivity (Wildman–Crippen MR) is 74.1 cm³/mol. The number of nitrogen functional groups attached to an aromatic ring is 1. The number of halogens is 1. The molecule has 3 aromatic rings. The lowest BCUT2D eigenvalue weighted by molar-refractivity contribution is 0.629. The lowest BCUT2D eigenvalue weighted by atomic mass is 10.1. The number of rotatable bonds is 1. The molecule has 0 bridgehead atoms. The fourth-order valence-corrected chi connectivity index (χ4v) is 2.03. The Kier molecular flexibility index (Phi) is 2.63. The van der Waals surface area contributed by atoms with Gasteiger partial charge in [0.25, 0.3) is 0 Å². The van der Waals surface area contributed by atoms with E-state index in [9.17, 15) is 4.39 Å². The molecule has 3 nitrogen and oxygen atoms in total. The molecule has 0 saturated heterocycles. The summed E-state index contributed by atoms with van der Waals surface area (Å²) in [5, 5.41) is 0.777. The van der Waals surface area contributed by atoms with E-state index in [1.54, 1.807) is 12.1 Å². The number of aromatic nitrogens is 2. The lowest BCUT2D eigenvalue weighted by Crippen LogP contribution is -1.99. The lowest BCUT2D eigenvalue weighted by Gasteiger charge is -2.07. The Balaban J connectivity index is 2.28. The van der Waals surface area contributed by atoms with Crippen molar-refractivity contribution in [2.45, 2.75) is 6.92 Å². The second kappa shape index (κ2) is 4.31. The van der Waals surface area contributed by atoms with Gasteiger partial charge in [0.15, 0.2) is 5.82 Å². The molecule has 2 N–H and O–H groups in total. The van der Waals surface area contributed by atoms with E-state index in [2.05, 4.69) is 9.97 Å². The molecule has 94 valence electrons. The van der Waals surface area contributed by atoms with E-state index in [4.69, 9.17) is 5.73 Å². The molecule has 0 spiro atoms. The molecule has 0 saturated carbocycles. The van der Waals surface area contributed by atoms with Gasteiger partial charge in [-0.1, -0.05) is 23.8 Å². The standard InChI is InChI=1S/C15H12FN3/c1-9-6-7-12(16)11(8-9)15-18-13-5-3-2-4-10(13)14(17)19-15/h2-8H,1H3,(H2,17,18,19). The Morgan fingerprint density at radius 1 is 1.05 bits per heavy atom. The zero-order valence-corrected chi connectivity index (χ0v) is 10.4. The van der Waals surface area contributed by atoms with Crippen LogP contribution in [0, 0.1) is 12.7 Å². The summed E-state index contributed by atoms with van der Waals surface area (Å²) in [6.45, 7) is 1.90. The largest absolute Gasteiger partial charge is 0.383 e. The molecule has 1 aromatic heterocycles. The van der Waals surface area contributed by atoms with Gasteiger partial charge in [0, 0.05) is 5.39 Å². The molecule has 4 heteroatoms. The van der Waals surface area contributed by atoms with Crippen molar-refractivity contribution in [1.82, 2.24) is 9.97 Å². The number of anilines is 1. The smallest absolute Gasteiger partial charge is 0.165 e. The molecule has 0 amide bonds. The quantitative estimate of drug-likeness (QED) is 0.723. The van der Waals surface area contributed by atoms with E-state index >= 15 is 0 Å². The van der Waals surface area contributed by atoms with Crippen molar-refractivity contribution in [2.75, 3.05) is 5.73 Å². The minimum absolute atomic E-state index is 0.317. The van der Waals surface area contributed by atoms with E-state index in [-0.39, 0.29) is 5.82 Å². The van der Waals surface area contributed by atoms with Gasteiger partial charge in [-0.2, -0.15) is 0 Å². The first-order chi connectivity index (χ1) is 9.15. The molecule has 2 aromatic carbocycles. The predicted octanol–water partition coefficient (Wildman–Crippen LogP) is 3.33. The van der Waals surface area contributed by atoms with Gasteiger partial charge in [0.2, 0.25) is 0 Å². The molecule has 0 aliphatic rings. The topological polar surface area (TPSA) is 51.8 Å². The summed E-state index contributed by atoms with van der Waals surface area (Å²) < 4.78 is 13.9. The number of aryl methyl sites for hydroxylation is 1. The molecule has 0 aliphatic carbocycles. The molecule has 19 heavy (non-hydrogen) atoms. The maximum Gasteiger partial charge on any atom is 0.165 e. The van der Waals surface area contributed by atoms with E-state index < -0.39 is 0 Å². The molecule has 0 unspecified atom stereocenters. The van der Waals surface area contributed by atoms with Crippen molar-refractivity contribution in [3.05, 3.63) is 53.8 Å². The second-order valence-corrected chi connectivity index (χ2v) is 4.43. The summed E-state index contributed by atoms with van der Waals surface area (Å²) in [5.41, 5.74) is 7.95. The Hall–Kier alpha value is -2.49. The van der Waals surface area contributed by atoms with Gasteiger partial charge in [-0.3, -0.25) is 0 Å². The van der Waals surface area contributed by atoms with Crippen molar-refractivity contribution < 1.29 is 4.39 Å². The number of benzene rings is 2. The van der Waals surface area contributed by atoms with E-state index in [0.29, 0.717) is 22.7 Å². The van der Waals surface area contributed by atoms with Crippen LogP contribution in [0.2, 0.25) is 0 Å². The number of hydrogen-bond donors (Lipinski definition) is 1. The minimum atomic E-state index is -0.347. The number of nitrogens with zero attached hydrogens (tertiary/aromatic N) is 2. The molecular formula is C15H12FN3. The highest BCUT2D eigenvalue weighted by atomic mass is 19.1.